The van der Waals surface area contributed by atoms with Crippen molar-refractivity contribution in [3.05, 3.63) is 66.2 Å². The lowest BCUT2D eigenvalue weighted by Gasteiger charge is -2.04. The first kappa shape index (κ1) is 9.78. The smallest absolute Gasteiger partial charge is 0.127 e. The molecule has 0 saturated heterocycles. The Morgan fingerprint density at radius 1 is 0.933 bits per heavy atom. The molecule has 0 saturated carbocycles. The molecule has 2 radical (unpaired) electrons. The molecule has 2 rings (SSSR count). The van der Waals surface area contributed by atoms with Gasteiger partial charge < -0.3 is 4.74 Å². The molecule has 2 aromatic rings. The van der Waals surface area contributed by atoms with Crippen LogP contribution in [0.4, 0.5) is 0 Å². The molecule has 0 heterocycles. The summed E-state index contributed by atoms with van der Waals surface area (Å²) in [5, 5.41) is 0. The van der Waals surface area contributed by atoms with Crippen LogP contribution >= 0.6 is 0 Å². The number of benzene rings is 2. The fourth-order valence-corrected chi connectivity index (χ4v) is 1.32. The molecule has 0 amide bonds. The molecule has 0 aliphatic carbocycles. The van der Waals surface area contributed by atoms with Gasteiger partial charge in [-0.15, -0.1) is 0 Å². The Labute approximate surface area is 90.3 Å². The maximum atomic E-state index is 5.53. The van der Waals surface area contributed by atoms with Gasteiger partial charge in [0.15, 0.2) is 0 Å². The summed E-state index contributed by atoms with van der Waals surface area (Å²) >= 11 is 0. The highest BCUT2D eigenvalue weighted by molar-refractivity contribution is 5.19. The first-order chi connectivity index (χ1) is 7.45. The van der Waals surface area contributed by atoms with Gasteiger partial charge in [-0.25, -0.2) is 0 Å². The predicted octanol–water partition coefficient (Wildman–Crippen LogP) is 2.91. The van der Waals surface area contributed by atoms with E-state index in [2.05, 4.69) is 18.2 Å². The van der Waals surface area contributed by atoms with Crippen molar-refractivity contribution < 1.29 is 4.74 Å². The molecule has 0 aliphatic rings. The fourth-order valence-electron chi connectivity index (χ4n) is 1.32. The van der Waals surface area contributed by atoms with Crippen molar-refractivity contribution in [2.45, 2.75) is 6.42 Å². The number of para-hydroxylation sites is 1. The summed E-state index contributed by atoms with van der Waals surface area (Å²) in [5.41, 5.74) is 1.17. The molecule has 0 N–H and O–H groups in total. The van der Waals surface area contributed by atoms with Crippen LogP contribution in [0.1, 0.15) is 5.56 Å². The Hall–Kier alpha value is -1.76. The van der Waals surface area contributed by atoms with E-state index in [0.717, 1.165) is 12.2 Å². The average molecular weight is 196 g/mol. The number of hydrogen-bond acceptors (Lipinski definition) is 1. The minimum Gasteiger partial charge on any atom is -0.493 e. The Balaban J connectivity index is 1.81. The van der Waals surface area contributed by atoms with E-state index in [9.17, 15) is 0 Å². The highest BCUT2D eigenvalue weighted by Crippen LogP contribution is 2.08. The minimum atomic E-state index is 0.668. The lowest BCUT2D eigenvalue weighted by atomic mass is 10.2. The van der Waals surface area contributed by atoms with Crippen LogP contribution in [0.5, 0.6) is 5.75 Å². The molecule has 0 atom stereocenters. The maximum Gasteiger partial charge on any atom is 0.127 e. The molecular formula is C14H12O. The molecule has 0 aliphatic heterocycles. The van der Waals surface area contributed by atoms with Crippen molar-refractivity contribution in [3.63, 3.8) is 0 Å². The van der Waals surface area contributed by atoms with Crippen LogP contribution in [0.25, 0.3) is 0 Å². The van der Waals surface area contributed by atoms with Crippen LogP contribution < -0.4 is 4.74 Å². The molecular weight excluding hydrogens is 184 g/mol. The monoisotopic (exact) mass is 196 g/mol. The van der Waals surface area contributed by atoms with Crippen LogP contribution in [0.2, 0.25) is 0 Å². The topological polar surface area (TPSA) is 9.23 Å². The van der Waals surface area contributed by atoms with Crippen LogP contribution in [-0.4, -0.2) is 6.61 Å². The summed E-state index contributed by atoms with van der Waals surface area (Å²) in [4.78, 5) is 0. The minimum absolute atomic E-state index is 0.668. The molecule has 0 aromatic heterocycles. The molecule has 0 spiro atoms. The van der Waals surface area contributed by atoms with Gasteiger partial charge in [0.2, 0.25) is 0 Å². The zero-order valence-corrected chi connectivity index (χ0v) is 8.44. The third-order valence-corrected chi connectivity index (χ3v) is 2.08. The molecule has 0 unspecified atom stereocenters. The molecule has 1 nitrogen and oxygen atoms in total. The van der Waals surface area contributed by atoms with Crippen LogP contribution in [0, 0.1) is 12.1 Å². The number of hydrogen-bond donors (Lipinski definition) is 0. The summed E-state index contributed by atoms with van der Waals surface area (Å²) in [6, 6.07) is 21.8. The van der Waals surface area contributed by atoms with Crippen molar-refractivity contribution in [2.75, 3.05) is 6.61 Å². The third kappa shape index (κ3) is 3.13. The molecule has 1 heteroatoms. The van der Waals surface area contributed by atoms with Crippen LogP contribution in [-0.2, 0) is 6.42 Å². The van der Waals surface area contributed by atoms with E-state index in [1.165, 1.54) is 5.56 Å². The highest BCUT2D eigenvalue weighted by Gasteiger charge is 1.94. The summed E-state index contributed by atoms with van der Waals surface area (Å²) in [7, 11) is 0. The van der Waals surface area contributed by atoms with E-state index in [0.29, 0.717) is 6.61 Å². The van der Waals surface area contributed by atoms with Gasteiger partial charge in [0.25, 0.3) is 0 Å². The van der Waals surface area contributed by atoms with Crippen LogP contribution in [0.3, 0.4) is 0 Å². The van der Waals surface area contributed by atoms with Gasteiger partial charge in [0, 0.05) is 12.5 Å². The van der Waals surface area contributed by atoms with E-state index >= 15 is 0 Å². The zero-order chi connectivity index (χ0) is 10.3. The van der Waals surface area contributed by atoms with Gasteiger partial charge in [0.05, 0.1) is 6.61 Å². The number of ether oxygens (including phenoxy) is 1. The summed E-state index contributed by atoms with van der Waals surface area (Å²) in [6.07, 6.45) is 0.879. The van der Waals surface area contributed by atoms with Crippen molar-refractivity contribution in [1.82, 2.24) is 0 Å². The van der Waals surface area contributed by atoms with Crippen molar-refractivity contribution >= 4 is 0 Å². The normalized spacial score (nSPS) is 9.87. The Morgan fingerprint density at radius 3 is 2.40 bits per heavy atom. The van der Waals surface area contributed by atoms with Crippen LogP contribution in [0.15, 0.2) is 48.5 Å². The SMILES string of the molecule is [c]1ccccc1CCOc1[c]cccc1. The van der Waals surface area contributed by atoms with Gasteiger partial charge >= 0.3 is 0 Å². The second kappa shape index (κ2) is 5.20. The van der Waals surface area contributed by atoms with Gasteiger partial charge in [-0.2, -0.15) is 0 Å². The van der Waals surface area contributed by atoms with Gasteiger partial charge in [-0.05, 0) is 17.7 Å². The Kier molecular flexibility index (Phi) is 3.39. The molecule has 0 fully saturated rings. The van der Waals surface area contributed by atoms with E-state index in [1.807, 2.05) is 42.5 Å². The zero-order valence-electron chi connectivity index (χ0n) is 8.44. The third-order valence-electron chi connectivity index (χ3n) is 2.08. The summed E-state index contributed by atoms with van der Waals surface area (Å²) < 4.78 is 5.53. The van der Waals surface area contributed by atoms with Gasteiger partial charge in [-0.1, -0.05) is 42.5 Å². The fraction of sp³-hybridized carbons (Fsp3) is 0.143. The predicted molar refractivity (Wildman–Crippen MR) is 59.8 cm³/mol. The lowest BCUT2D eigenvalue weighted by Crippen LogP contribution is -2.01. The summed E-state index contributed by atoms with van der Waals surface area (Å²) in [5.74, 6) is 0.799. The second-order valence-electron chi connectivity index (χ2n) is 3.21. The molecule has 74 valence electrons. The largest absolute Gasteiger partial charge is 0.493 e. The van der Waals surface area contributed by atoms with Crippen molar-refractivity contribution in [3.8, 4) is 5.75 Å². The quantitative estimate of drug-likeness (QED) is 0.730. The first-order valence-corrected chi connectivity index (χ1v) is 5.00. The van der Waals surface area contributed by atoms with Gasteiger partial charge in [-0.3, -0.25) is 0 Å². The lowest BCUT2D eigenvalue weighted by molar-refractivity contribution is 0.321. The Bertz CT molecular complexity index is 341. The number of rotatable bonds is 4. The van der Waals surface area contributed by atoms with Crippen molar-refractivity contribution in [2.24, 2.45) is 0 Å². The van der Waals surface area contributed by atoms with E-state index in [4.69, 9.17) is 4.74 Å². The van der Waals surface area contributed by atoms with E-state index < -0.39 is 0 Å². The van der Waals surface area contributed by atoms with E-state index in [-0.39, 0.29) is 0 Å². The summed E-state index contributed by atoms with van der Waals surface area (Å²) in [6.45, 7) is 0.668. The second-order valence-corrected chi connectivity index (χ2v) is 3.21. The molecule has 2 aromatic carbocycles. The molecule has 0 bridgehead atoms. The van der Waals surface area contributed by atoms with E-state index in [1.54, 1.807) is 0 Å². The standard InChI is InChI=1S/C14H12O/c1-3-7-13(8-4-1)11-12-15-14-9-5-2-6-10-14/h1-7,9H,11-12H2. The maximum absolute atomic E-state index is 5.53. The van der Waals surface area contributed by atoms with Gasteiger partial charge in [0.1, 0.15) is 5.75 Å². The van der Waals surface area contributed by atoms with Crippen molar-refractivity contribution in [1.29, 1.82) is 0 Å². The molecule has 15 heavy (non-hydrogen) atoms. The average Bonchev–Trinajstić information content (AvgIpc) is 2.32. The first-order valence-electron chi connectivity index (χ1n) is 5.00. The Morgan fingerprint density at radius 2 is 1.73 bits per heavy atom. The highest BCUT2D eigenvalue weighted by atomic mass is 16.5.